The molecular formula is C7H5BF3N2-. The lowest BCUT2D eigenvalue weighted by Crippen LogP contribution is -2.19. The van der Waals surface area contributed by atoms with Crippen molar-refractivity contribution in [3.63, 3.8) is 0 Å². The standard InChI is InChI=1S/C7H5BF3N2/c9-8(10,11)2-6-1-7(3-12)5-13-4-6/h1,4-5H,2H2/q-1. The van der Waals surface area contributed by atoms with Crippen LogP contribution in [0.1, 0.15) is 11.1 Å². The van der Waals surface area contributed by atoms with Crippen LogP contribution in [0.5, 0.6) is 0 Å². The predicted octanol–water partition coefficient (Wildman–Crippen LogP) is 1.88. The lowest BCUT2D eigenvalue weighted by Gasteiger charge is -2.12. The van der Waals surface area contributed by atoms with E-state index in [1.807, 2.05) is 0 Å². The Hall–Kier alpha value is -1.51. The molecule has 0 unspecified atom stereocenters. The predicted molar refractivity (Wildman–Crippen MR) is 41.7 cm³/mol. The Morgan fingerprint density at radius 1 is 1.38 bits per heavy atom. The van der Waals surface area contributed by atoms with E-state index in [9.17, 15) is 12.9 Å². The number of rotatable bonds is 2. The number of hydrogen-bond donors (Lipinski definition) is 0. The first-order valence-electron chi connectivity index (χ1n) is 3.56. The zero-order chi connectivity index (χ0) is 9.90. The largest absolute Gasteiger partial charge is 0.482 e. The summed E-state index contributed by atoms with van der Waals surface area (Å²) >= 11 is 0. The molecule has 1 aromatic heterocycles. The van der Waals surface area contributed by atoms with Crippen molar-refractivity contribution >= 4 is 6.98 Å². The van der Waals surface area contributed by atoms with E-state index >= 15 is 0 Å². The van der Waals surface area contributed by atoms with Crippen LogP contribution in [0.15, 0.2) is 18.5 Å². The molecule has 0 aromatic carbocycles. The van der Waals surface area contributed by atoms with Crippen molar-refractivity contribution in [3.05, 3.63) is 29.6 Å². The molecule has 2 nitrogen and oxygen atoms in total. The summed E-state index contributed by atoms with van der Waals surface area (Å²) < 4.78 is 35.8. The molecule has 0 saturated heterocycles. The molecule has 1 aromatic rings. The third-order valence-electron chi connectivity index (χ3n) is 1.39. The number of pyridine rings is 1. The minimum absolute atomic E-state index is 0.0338. The highest BCUT2D eigenvalue weighted by molar-refractivity contribution is 6.57. The first-order valence-corrected chi connectivity index (χ1v) is 3.56. The second-order valence-electron chi connectivity index (χ2n) is 2.61. The van der Waals surface area contributed by atoms with Gasteiger partial charge in [-0.15, -0.1) is 0 Å². The number of nitriles is 1. The lowest BCUT2D eigenvalue weighted by atomic mass is 9.82. The Kier molecular flexibility index (Phi) is 2.56. The molecule has 0 fully saturated rings. The maximum absolute atomic E-state index is 11.9. The molecule has 1 rings (SSSR count). The molecule has 6 heteroatoms. The minimum atomic E-state index is -4.85. The molecular weight excluding hydrogens is 180 g/mol. The first-order chi connectivity index (χ1) is 6.01. The minimum Gasteiger partial charge on any atom is -0.449 e. The van der Waals surface area contributed by atoms with Crippen molar-refractivity contribution in [2.45, 2.75) is 6.32 Å². The Morgan fingerprint density at radius 2 is 2.08 bits per heavy atom. The SMILES string of the molecule is N#Cc1cncc(C[B-](F)(F)F)c1. The van der Waals surface area contributed by atoms with E-state index in [4.69, 9.17) is 5.26 Å². The van der Waals surface area contributed by atoms with E-state index in [2.05, 4.69) is 4.98 Å². The summed E-state index contributed by atoms with van der Waals surface area (Å²) in [5.41, 5.74) is 0.184. The van der Waals surface area contributed by atoms with Crippen LogP contribution in [-0.4, -0.2) is 12.0 Å². The Bertz CT molecular complexity index is 342. The maximum Gasteiger partial charge on any atom is 0.482 e. The van der Waals surface area contributed by atoms with E-state index in [1.54, 1.807) is 6.07 Å². The molecule has 0 N–H and O–H groups in total. The van der Waals surface area contributed by atoms with Crippen molar-refractivity contribution in [3.8, 4) is 6.07 Å². The van der Waals surface area contributed by atoms with Crippen LogP contribution in [0, 0.1) is 11.3 Å². The molecule has 0 radical (unpaired) electrons. The van der Waals surface area contributed by atoms with Crippen LogP contribution in [0.2, 0.25) is 0 Å². The summed E-state index contributed by atoms with van der Waals surface area (Å²) in [6.45, 7) is -4.85. The van der Waals surface area contributed by atoms with Gasteiger partial charge in [-0.2, -0.15) is 5.26 Å². The van der Waals surface area contributed by atoms with Crippen molar-refractivity contribution in [2.24, 2.45) is 0 Å². The van der Waals surface area contributed by atoms with Gasteiger partial charge in [-0.3, -0.25) is 4.98 Å². The molecule has 0 atom stereocenters. The first kappa shape index (κ1) is 9.58. The topological polar surface area (TPSA) is 36.7 Å². The molecule has 68 valence electrons. The Morgan fingerprint density at radius 3 is 2.62 bits per heavy atom. The van der Waals surface area contributed by atoms with E-state index in [0.29, 0.717) is 0 Å². The van der Waals surface area contributed by atoms with Crippen molar-refractivity contribution in [1.82, 2.24) is 4.98 Å². The highest BCUT2D eigenvalue weighted by Crippen LogP contribution is 2.15. The molecule has 0 amide bonds. The smallest absolute Gasteiger partial charge is 0.449 e. The van der Waals surface area contributed by atoms with Gasteiger partial charge in [-0.1, -0.05) is 11.9 Å². The number of nitrogens with zero attached hydrogens (tertiary/aromatic N) is 2. The highest BCUT2D eigenvalue weighted by atomic mass is 19.4. The van der Waals surface area contributed by atoms with Gasteiger partial charge < -0.3 is 12.9 Å². The van der Waals surface area contributed by atoms with Gasteiger partial charge in [-0.25, -0.2) is 0 Å². The molecule has 0 spiro atoms. The zero-order valence-electron chi connectivity index (χ0n) is 6.54. The van der Waals surface area contributed by atoms with Gasteiger partial charge in [0.15, 0.2) is 0 Å². The average Bonchev–Trinajstić information content (AvgIpc) is 2.01. The van der Waals surface area contributed by atoms with Gasteiger partial charge in [0.05, 0.1) is 5.56 Å². The summed E-state index contributed by atoms with van der Waals surface area (Å²) in [6, 6.07) is 2.93. The molecule has 0 aliphatic heterocycles. The molecule has 0 saturated carbocycles. The zero-order valence-corrected chi connectivity index (χ0v) is 6.54. The van der Waals surface area contributed by atoms with Gasteiger partial charge in [0.25, 0.3) is 0 Å². The second kappa shape index (κ2) is 3.48. The highest BCUT2D eigenvalue weighted by Gasteiger charge is 2.23. The summed E-state index contributed by atoms with van der Waals surface area (Å²) in [7, 11) is 0. The molecule has 0 aliphatic rings. The molecule has 0 bridgehead atoms. The molecule has 0 aliphatic carbocycles. The summed E-state index contributed by atoms with van der Waals surface area (Å²) in [5, 5.41) is 8.39. The fourth-order valence-electron chi connectivity index (χ4n) is 0.928. The van der Waals surface area contributed by atoms with Crippen LogP contribution in [0.25, 0.3) is 0 Å². The van der Waals surface area contributed by atoms with Gasteiger partial charge in [0.2, 0.25) is 0 Å². The lowest BCUT2D eigenvalue weighted by molar-refractivity contribution is 0.468. The Labute approximate surface area is 73.1 Å². The van der Waals surface area contributed by atoms with E-state index < -0.39 is 13.3 Å². The Balaban J connectivity index is 2.86. The van der Waals surface area contributed by atoms with Crippen LogP contribution in [-0.2, 0) is 6.32 Å². The maximum atomic E-state index is 11.9. The van der Waals surface area contributed by atoms with Crippen molar-refractivity contribution in [1.29, 1.82) is 5.26 Å². The van der Waals surface area contributed by atoms with Gasteiger partial charge in [0.1, 0.15) is 6.07 Å². The molecule has 1 heterocycles. The van der Waals surface area contributed by atoms with Crippen LogP contribution in [0.4, 0.5) is 12.9 Å². The van der Waals surface area contributed by atoms with Crippen LogP contribution in [0.3, 0.4) is 0 Å². The van der Waals surface area contributed by atoms with Gasteiger partial charge in [-0.05, 0) is 6.07 Å². The van der Waals surface area contributed by atoms with Crippen LogP contribution < -0.4 is 0 Å². The van der Waals surface area contributed by atoms with Crippen molar-refractivity contribution in [2.75, 3.05) is 0 Å². The third kappa shape index (κ3) is 3.15. The fourth-order valence-corrected chi connectivity index (χ4v) is 0.928. The number of halogens is 3. The van der Waals surface area contributed by atoms with E-state index in [1.165, 1.54) is 12.3 Å². The summed E-state index contributed by atoms with van der Waals surface area (Å²) in [4.78, 5) is 3.53. The normalized spacial score (nSPS) is 10.9. The quantitative estimate of drug-likeness (QED) is 0.659. The second-order valence-corrected chi connectivity index (χ2v) is 2.61. The van der Waals surface area contributed by atoms with E-state index in [0.717, 1.165) is 6.20 Å². The van der Waals surface area contributed by atoms with E-state index in [-0.39, 0.29) is 11.1 Å². The average molecular weight is 185 g/mol. The van der Waals surface area contributed by atoms with Gasteiger partial charge in [0, 0.05) is 12.4 Å². The number of aromatic nitrogens is 1. The summed E-state index contributed by atoms with van der Waals surface area (Å²) in [5.74, 6) is 0. The number of hydrogen-bond acceptors (Lipinski definition) is 2. The van der Waals surface area contributed by atoms with Crippen LogP contribution >= 0.6 is 0 Å². The third-order valence-corrected chi connectivity index (χ3v) is 1.39. The summed E-state index contributed by atoms with van der Waals surface area (Å²) in [6.07, 6.45) is 1.37. The monoisotopic (exact) mass is 185 g/mol. The fraction of sp³-hybridized carbons (Fsp3) is 0.143. The molecule has 13 heavy (non-hydrogen) atoms. The van der Waals surface area contributed by atoms with Gasteiger partial charge >= 0.3 is 6.98 Å². The van der Waals surface area contributed by atoms with Crippen molar-refractivity contribution < 1.29 is 12.9 Å².